The number of benzene rings is 1. The average Bonchev–Trinajstić information content (AvgIpc) is 2.78. The zero-order valence-corrected chi connectivity index (χ0v) is 15.4. The van der Waals surface area contributed by atoms with Crippen LogP contribution in [0.5, 0.6) is 5.75 Å². The molecule has 0 radical (unpaired) electrons. The molecule has 5 nitrogen and oxygen atoms in total. The highest BCUT2D eigenvalue weighted by molar-refractivity contribution is 8.26. The molecule has 0 bridgehead atoms. The van der Waals surface area contributed by atoms with Gasteiger partial charge in [0, 0.05) is 6.54 Å². The second kappa shape index (κ2) is 8.30. The monoisotopic (exact) mass is 365 g/mol. The molecule has 1 aliphatic heterocycles. The van der Waals surface area contributed by atoms with E-state index < -0.39 is 0 Å². The lowest BCUT2D eigenvalue weighted by molar-refractivity contribution is -0.140. The first-order valence-electron chi connectivity index (χ1n) is 7.49. The number of thioether (sulfide) groups is 1. The molecule has 1 aromatic rings. The number of nitrogens with zero attached hydrogens (tertiary/aromatic N) is 1. The number of amides is 1. The first-order chi connectivity index (χ1) is 11.4. The number of hydrogen-bond acceptors (Lipinski definition) is 6. The molecule has 0 saturated carbocycles. The van der Waals surface area contributed by atoms with E-state index in [1.54, 1.807) is 6.08 Å². The summed E-state index contributed by atoms with van der Waals surface area (Å²) in [6.07, 6.45) is 1.98. The van der Waals surface area contributed by atoms with E-state index in [4.69, 9.17) is 17.0 Å². The predicted molar refractivity (Wildman–Crippen MR) is 98.7 cm³/mol. The van der Waals surface area contributed by atoms with Gasteiger partial charge < -0.3 is 9.47 Å². The van der Waals surface area contributed by atoms with Gasteiger partial charge in [0.05, 0.1) is 24.5 Å². The van der Waals surface area contributed by atoms with Crippen LogP contribution in [-0.2, 0) is 14.3 Å². The molecule has 0 N–H and O–H groups in total. The highest BCUT2D eigenvalue weighted by Crippen LogP contribution is 2.33. The third-order valence-electron chi connectivity index (χ3n) is 3.17. The van der Waals surface area contributed by atoms with Crippen LogP contribution in [0.15, 0.2) is 29.2 Å². The zero-order valence-electron chi connectivity index (χ0n) is 13.8. The van der Waals surface area contributed by atoms with Crippen molar-refractivity contribution in [3.05, 3.63) is 34.7 Å². The lowest BCUT2D eigenvalue weighted by Crippen LogP contribution is -2.30. The van der Waals surface area contributed by atoms with Crippen LogP contribution in [0.3, 0.4) is 0 Å². The van der Waals surface area contributed by atoms with Gasteiger partial charge in [-0.3, -0.25) is 14.5 Å². The summed E-state index contributed by atoms with van der Waals surface area (Å²) in [5.41, 5.74) is 0.863. The maximum atomic E-state index is 12.4. The summed E-state index contributed by atoms with van der Waals surface area (Å²) in [7, 11) is 1.32. The van der Waals surface area contributed by atoms with Gasteiger partial charge >= 0.3 is 5.97 Å². The molecule has 1 aromatic carbocycles. The minimum absolute atomic E-state index is 0.0804. The molecule has 1 fully saturated rings. The van der Waals surface area contributed by atoms with E-state index in [9.17, 15) is 9.59 Å². The van der Waals surface area contributed by atoms with Crippen molar-refractivity contribution in [3.8, 4) is 5.75 Å². The number of hydrogen-bond donors (Lipinski definition) is 0. The van der Waals surface area contributed by atoms with E-state index in [2.05, 4.69) is 4.74 Å². The fraction of sp³-hybridized carbons (Fsp3) is 0.353. The number of rotatable bonds is 6. The minimum Gasteiger partial charge on any atom is -0.491 e. The Kier molecular flexibility index (Phi) is 6.39. The largest absolute Gasteiger partial charge is 0.491 e. The number of methoxy groups -OCH3 is 1. The first kappa shape index (κ1) is 18.5. The molecule has 0 spiro atoms. The molecular formula is C17H19NO4S2. The van der Waals surface area contributed by atoms with Crippen LogP contribution >= 0.6 is 24.0 Å². The quantitative estimate of drug-likeness (QED) is 0.438. The van der Waals surface area contributed by atoms with E-state index in [-0.39, 0.29) is 30.9 Å². The van der Waals surface area contributed by atoms with Crippen molar-refractivity contribution in [2.75, 3.05) is 13.7 Å². The van der Waals surface area contributed by atoms with Gasteiger partial charge in [-0.2, -0.15) is 0 Å². The van der Waals surface area contributed by atoms with Gasteiger partial charge in [0.15, 0.2) is 0 Å². The lowest BCUT2D eigenvalue weighted by Gasteiger charge is -2.13. The van der Waals surface area contributed by atoms with Gasteiger partial charge in [-0.25, -0.2) is 0 Å². The number of thiocarbonyl (C=S) groups is 1. The Morgan fingerprint density at radius 3 is 2.83 bits per heavy atom. The van der Waals surface area contributed by atoms with Crippen LogP contribution in [0.2, 0.25) is 0 Å². The lowest BCUT2D eigenvalue weighted by atomic mass is 10.2. The van der Waals surface area contributed by atoms with Crippen molar-refractivity contribution < 1.29 is 19.1 Å². The van der Waals surface area contributed by atoms with Crippen molar-refractivity contribution in [3.63, 3.8) is 0 Å². The Morgan fingerprint density at radius 1 is 1.42 bits per heavy atom. The number of ether oxygens (including phenoxy) is 2. The molecule has 0 aromatic heterocycles. The molecule has 1 saturated heterocycles. The van der Waals surface area contributed by atoms with Gasteiger partial charge in [-0.1, -0.05) is 36.1 Å². The van der Waals surface area contributed by atoms with Crippen LogP contribution in [0.4, 0.5) is 0 Å². The number of carbonyl (C=O) groups excluding carboxylic acids is 2. The molecule has 1 heterocycles. The van der Waals surface area contributed by atoms with E-state index in [1.807, 2.05) is 38.1 Å². The second-order valence-corrected chi connectivity index (χ2v) is 7.07. The SMILES string of the molecule is COC(=O)CCN1C(=O)/C(=C\c2cccc(OC(C)C)c2)SC1=S. The van der Waals surface area contributed by atoms with E-state index >= 15 is 0 Å². The molecule has 128 valence electrons. The summed E-state index contributed by atoms with van der Waals surface area (Å²) in [4.78, 5) is 25.7. The van der Waals surface area contributed by atoms with Crippen LogP contribution in [0, 0.1) is 0 Å². The van der Waals surface area contributed by atoms with E-state index in [0.717, 1.165) is 11.3 Å². The Hall–Kier alpha value is -1.86. The zero-order chi connectivity index (χ0) is 17.7. The Morgan fingerprint density at radius 2 is 2.17 bits per heavy atom. The molecular weight excluding hydrogens is 346 g/mol. The van der Waals surface area contributed by atoms with Gasteiger partial charge in [0.25, 0.3) is 5.91 Å². The highest BCUT2D eigenvalue weighted by Gasteiger charge is 2.32. The van der Waals surface area contributed by atoms with Gasteiger partial charge in [-0.15, -0.1) is 0 Å². The van der Waals surface area contributed by atoms with Crippen molar-refractivity contribution in [1.29, 1.82) is 0 Å². The summed E-state index contributed by atoms with van der Waals surface area (Å²) in [5.74, 6) is 0.190. The smallest absolute Gasteiger partial charge is 0.307 e. The second-order valence-electron chi connectivity index (χ2n) is 5.40. The summed E-state index contributed by atoms with van der Waals surface area (Å²) in [5, 5.41) is 0. The average molecular weight is 365 g/mol. The van der Waals surface area contributed by atoms with E-state index in [1.165, 1.54) is 23.8 Å². The van der Waals surface area contributed by atoms with Gasteiger partial charge in [0.1, 0.15) is 10.1 Å². The third-order valence-corrected chi connectivity index (χ3v) is 4.55. The van der Waals surface area contributed by atoms with Gasteiger partial charge in [-0.05, 0) is 37.6 Å². The molecule has 0 atom stereocenters. The highest BCUT2D eigenvalue weighted by atomic mass is 32.2. The third kappa shape index (κ3) is 4.82. The molecule has 0 unspecified atom stereocenters. The minimum atomic E-state index is -0.369. The van der Waals surface area contributed by atoms with Crippen LogP contribution in [0.25, 0.3) is 6.08 Å². The standard InChI is InChI=1S/C17H19NO4S2/c1-11(2)22-13-6-4-5-12(9-13)10-14-16(20)18(17(23)24-14)8-7-15(19)21-3/h4-6,9-11H,7-8H2,1-3H3/b14-10+. The summed E-state index contributed by atoms with van der Waals surface area (Å²) < 4.78 is 10.7. The van der Waals surface area contributed by atoms with Crippen molar-refractivity contribution in [2.45, 2.75) is 26.4 Å². The number of esters is 1. The predicted octanol–water partition coefficient (Wildman–Crippen LogP) is 3.24. The molecule has 1 amide bonds. The Bertz CT molecular complexity index is 685. The maximum absolute atomic E-state index is 12.4. The van der Waals surface area contributed by atoms with Crippen molar-refractivity contribution in [1.82, 2.24) is 4.90 Å². The van der Waals surface area contributed by atoms with Crippen molar-refractivity contribution >= 4 is 46.3 Å². The Labute approximate surface area is 151 Å². The van der Waals surface area contributed by atoms with Crippen LogP contribution in [-0.4, -0.2) is 40.9 Å². The summed E-state index contributed by atoms with van der Waals surface area (Å²) in [6, 6.07) is 7.52. The molecule has 7 heteroatoms. The molecule has 2 rings (SSSR count). The maximum Gasteiger partial charge on any atom is 0.307 e. The fourth-order valence-electron chi connectivity index (χ4n) is 2.10. The van der Waals surface area contributed by atoms with Crippen LogP contribution < -0.4 is 4.74 Å². The number of carbonyl (C=O) groups is 2. The summed E-state index contributed by atoms with van der Waals surface area (Å²) >= 11 is 6.46. The summed E-state index contributed by atoms with van der Waals surface area (Å²) in [6.45, 7) is 4.14. The molecule has 1 aliphatic rings. The van der Waals surface area contributed by atoms with Crippen molar-refractivity contribution in [2.24, 2.45) is 0 Å². The van der Waals surface area contributed by atoms with E-state index in [0.29, 0.717) is 9.23 Å². The topological polar surface area (TPSA) is 55.8 Å². The molecule has 0 aliphatic carbocycles. The Balaban J connectivity index is 2.12. The first-order valence-corrected chi connectivity index (χ1v) is 8.72. The van der Waals surface area contributed by atoms with Gasteiger partial charge in [0.2, 0.25) is 0 Å². The fourth-order valence-corrected chi connectivity index (χ4v) is 3.41. The van der Waals surface area contributed by atoms with Crippen LogP contribution in [0.1, 0.15) is 25.8 Å². The normalized spacial score (nSPS) is 16.2. The molecule has 24 heavy (non-hydrogen) atoms.